The summed E-state index contributed by atoms with van der Waals surface area (Å²) in [6.07, 6.45) is 0. The molecule has 10 heteroatoms. The molecule has 0 N–H and O–H groups in total. The Labute approximate surface area is 432 Å². The number of hydrogen-bond acceptors (Lipinski definition) is 3. The third-order valence-electron chi connectivity index (χ3n) is 13.8. The van der Waals surface area contributed by atoms with Gasteiger partial charge in [-0.25, -0.2) is 31.2 Å². The number of halogens is 6. The SMILES string of the molecule is [C-]#[N+]c1cccc(-c2ccc(F)c(N(c3cc(-c4ccc(F)cc4)ccc3F)c3ccc4ccc5c(N(c6cc(-c7ccc(F)cc7)ccc6F)c6cc(-c7cccc(C#N)c7)ccc6F)ccc6ccc3c4c65)c2)c1. The molecule has 0 radical (unpaired) electrons. The fraction of sp³-hybridized carbons (Fsp3) is 0. The van der Waals surface area contributed by atoms with Crippen LogP contribution in [0.4, 0.5) is 66.2 Å². The van der Waals surface area contributed by atoms with Gasteiger partial charge in [-0.2, -0.15) is 5.26 Å². The highest BCUT2D eigenvalue weighted by atomic mass is 19.1. The van der Waals surface area contributed by atoms with E-state index in [2.05, 4.69) is 10.9 Å². The Morgan fingerprint density at radius 1 is 0.342 bits per heavy atom. The zero-order chi connectivity index (χ0) is 52.2. The first-order valence-corrected chi connectivity index (χ1v) is 24.0. The lowest BCUT2D eigenvalue weighted by Crippen LogP contribution is -2.15. The van der Waals surface area contributed by atoms with E-state index in [1.807, 2.05) is 42.5 Å². The van der Waals surface area contributed by atoms with Crippen molar-refractivity contribution in [1.82, 2.24) is 0 Å². The first-order chi connectivity index (χ1) is 37.0. The monoisotopic (exact) mass is 998 g/mol. The molecule has 0 aliphatic carbocycles. The summed E-state index contributed by atoms with van der Waals surface area (Å²) in [5.74, 6) is -3.60. The van der Waals surface area contributed by atoms with Gasteiger partial charge in [0.2, 0.25) is 0 Å². The largest absolute Gasteiger partial charge is 0.304 e. The second-order valence-corrected chi connectivity index (χ2v) is 18.3. The quantitative estimate of drug-likeness (QED) is 0.0778. The molecule has 0 saturated carbocycles. The molecule has 0 bridgehead atoms. The van der Waals surface area contributed by atoms with Gasteiger partial charge >= 0.3 is 0 Å². The first kappa shape index (κ1) is 46.9. The van der Waals surface area contributed by atoms with Crippen molar-refractivity contribution in [3.8, 4) is 50.6 Å². The van der Waals surface area contributed by atoms with E-state index >= 15 is 17.6 Å². The molecular formula is C66H36F6N4. The van der Waals surface area contributed by atoms with Crippen LogP contribution in [0, 0.1) is 52.8 Å². The molecule has 0 saturated heterocycles. The Morgan fingerprint density at radius 2 is 0.697 bits per heavy atom. The van der Waals surface area contributed by atoms with Crippen molar-refractivity contribution >= 4 is 72.1 Å². The molecule has 0 aliphatic heterocycles. The van der Waals surface area contributed by atoms with Gasteiger partial charge in [0, 0.05) is 10.8 Å². The number of nitriles is 1. The lowest BCUT2D eigenvalue weighted by Gasteiger charge is -2.30. The molecule has 12 aromatic rings. The van der Waals surface area contributed by atoms with Crippen molar-refractivity contribution in [1.29, 1.82) is 5.26 Å². The van der Waals surface area contributed by atoms with Crippen LogP contribution >= 0.6 is 0 Å². The maximum atomic E-state index is 17.0. The van der Waals surface area contributed by atoms with Crippen LogP contribution < -0.4 is 9.80 Å². The number of hydrogen-bond donors (Lipinski definition) is 0. The Hall–Kier alpha value is -10.2. The fourth-order valence-electron chi connectivity index (χ4n) is 10.2. The average Bonchev–Trinajstić information content (AvgIpc) is 3.56. The average molecular weight is 999 g/mol. The Kier molecular flexibility index (Phi) is 11.7. The van der Waals surface area contributed by atoms with Crippen molar-refractivity contribution in [3.05, 3.63) is 270 Å². The maximum absolute atomic E-state index is 17.0. The highest BCUT2D eigenvalue weighted by molar-refractivity contribution is 6.28. The molecule has 362 valence electrons. The first-order valence-electron chi connectivity index (χ1n) is 24.0. The third kappa shape index (κ3) is 8.34. The van der Waals surface area contributed by atoms with Crippen LogP contribution in [0.15, 0.2) is 218 Å². The van der Waals surface area contributed by atoms with E-state index < -0.39 is 34.9 Å². The van der Waals surface area contributed by atoms with Gasteiger partial charge in [-0.05, 0) is 169 Å². The van der Waals surface area contributed by atoms with Crippen molar-refractivity contribution in [2.24, 2.45) is 0 Å². The summed E-state index contributed by atoms with van der Waals surface area (Å²) in [5.41, 5.74) is 6.17. The van der Waals surface area contributed by atoms with Gasteiger partial charge in [0.15, 0.2) is 5.69 Å². The molecule has 76 heavy (non-hydrogen) atoms. The van der Waals surface area contributed by atoms with E-state index in [1.165, 1.54) is 58.3 Å². The van der Waals surface area contributed by atoms with Gasteiger partial charge in [-0.1, -0.05) is 115 Å². The lowest BCUT2D eigenvalue weighted by molar-refractivity contribution is 0.619. The van der Waals surface area contributed by atoms with Gasteiger partial charge in [0.25, 0.3) is 0 Å². The minimum absolute atomic E-state index is 0.00468. The summed E-state index contributed by atoms with van der Waals surface area (Å²) >= 11 is 0. The van der Waals surface area contributed by atoms with E-state index in [0.29, 0.717) is 88.7 Å². The second kappa shape index (κ2) is 19.0. The summed E-state index contributed by atoms with van der Waals surface area (Å²) in [4.78, 5) is 6.64. The zero-order valence-electron chi connectivity index (χ0n) is 39.8. The molecule has 12 aromatic carbocycles. The third-order valence-corrected chi connectivity index (χ3v) is 13.8. The maximum Gasteiger partial charge on any atom is 0.187 e. The Morgan fingerprint density at radius 3 is 1.11 bits per heavy atom. The van der Waals surface area contributed by atoms with Gasteiger partial charge in [0.1, 0.15) is 34.9 Å². The highest BCUT2D eigenvalue weighted by Crippen LogP contribution is 2.50. The van der Waals surface area contributed by atoms with Crippen LogP contribution in [0.3, 0.4) is 0 Å². The Balaban J connectivity index is 1.12. The van der Waals surface area contributed by atoms with E-state index in [0.717, 1.165) is 10.8 Å². The van der Waals surface area contributed by atoms with Crippen molar-refractivity contribution in [2.75, 3.05) is 9.80 Å². The van der Waals surface area contributed by atoms with Gasteiger partial charge < -0.3 is 9.80 Å². The lowest BCUT2D eigenvalue weighted by atomic mass is 9.91. The summed E-state index contributed by atoms with van der Waals surface area (Å²) in [6.45, 7) is 7.65. The molecule has 4 nitrogen and oxygen atoms in total. The van der Waals surface area contributed by atoms with Crippen molar-refractivity contribution in [3.63, 3.8) is 0 Å². The van der Waals surface area contributed by atoms with E-state index in [-0.39, 0.29) is 22.7 Å². The van der Waals surface area contributed by atoms with E-state index in [1.54, 1.807) is 127 Å². The predicted molar refractivity (Wildman–Crippen MR) is 292 cm³/mol. The smallest absolute Gasteiger partial charge is 0.187 e. The molecule has 0 spiro atoms. The van der Waals surface area contributed by atoms with Gasteiger partial charge in [-0.15, -0.1) is 0 Å². The van der Waals surface area contributed by atoms with Crippen molar-refractivity contribution < 1.29 is 26.3 Å². The topological polar surface area (TPSA) is 34.6 Å². The molecule has 0 fully saturated rings. The normalized spacial score (nSPS) is 11.3. The standard InChI is InChI=1S/C66H36F6N4/c1-74-52-7-3-6-45(33-52)49-17-29-58(72)64(37-49)76(62-35-47(15-27-56(62)70)41-10-22-51(68)23-11-41)60-31-19-43-12-24-53-59(30-18-42-13-25-54(60)66(43)65(42)53)75(61-34-46(14-26-55(61)69)40-8-20-50(67)21-9-40)63-36-48(16-28-57(63)71)44-5-2-4-39(32-44)38-73/h2-37H. The number of benzene rings is 12. The molecule has 0 aliphatic rings. The second-order valence-electron chi connectivity index (χ2n) is 18.3. The van der Waals surface area contributed by atoms with Crippen LogP contribution in [-0.4, -0.2) is 0 Å². The molecular weight excluding hydrogens is 963 g/mol. The minimum atomic E-state index is -0.680. The van der Waals surface area contributed by atoms with Gasteiger partial charge in [-0.3, -0.25) is 0 Å². The Bertz CT molecular complexity index is 4070. The zero-order valence-corrected chi connectivity index (χ0v) is 39.8. The van der Waals surface area contributed by atoms with E-state index in [4.69, 9.17) is 6.57 Å². The summed E-state index contributed by atoms with van der Waals surface area (Å²) in [6, 6.07) is 60.3. The van der Waals surface area contributed by atoms with Crippen LogP contribution in [0.2, 0.25) is 0 Å². The fourth-order valence-corrected chi connectivity index (χ4v) is 10.2. The molecule has 0 aromatic heterocycles. The summed E-state index contributed by atoms with van der Waals surface area (Å²) in [7, 11) is 0. The summed E-state index contributed by atoms with van der Waals surface area (Å²) < 4.78 is 96.1. The van der Waals surface area contributed by atoms with Gasteiger partial charge in [0.05, 0.1) is 52.3 Å². The summed E-state index contributed by atoms with van der Waals surface area (Å²) in [5, 5.41) is 13.8. The van der Waals surface area contributed by atoms with Crippen LogP contribution in [0.5, 0.6) is 0 Å². The molecule has 0 amide bonds. The minimum Gasteiger partial charge on any atom is -0.304 e. The predicted octanol–water partition coefficient (Wildman–Crippen LogP) is 19.4. The molecule has 0 heterocycles. The highest BCUT2D eigenvalue weighted by Gasteiger charge is 2.28. The number of anilines is 6. The van der Waals surface area contributed by atoms with Crippen LogP contribution in [0.25, 0.3) is 81.7 Å². The molecule has 12 rings (SSSR count). The number of rotatable bonds is 10. The van der Waals surface area contributed by atoms with Crippen molar-refractivity contribution in [2.45, 2.75) is 0 Å². The molecule has 0 unspecified atom stereocenters. The molecule has 0 atom stereocenters. The van der Waals surface area contributed by atoms with Crippen LogP contribution in [-0.2, 0) is 0 Å². The van der Waals surface area contributed by atoms with Crippen LogP contribution in [0.1, 0.15) is 5.56 Å². The van der Waals surface area contributed by atoms with E-state index in [9.17, 15) is 14.0 Å². The number of nitrogens with zero attached hydrogens (tertiary/aromatic N) is 4.